The summed E-state index contributed by atoms with van der Waals surface area (Å²) in [6.45, 7) is 6.73. The van der Waals surface area contributed by atoms with Gasteiger partial charge < -0.3 is 25.2 Å². The third kappa shape index (κ3) is 7.93. The van der Waals surface area contributed by atoms with Crippen LogP contribution in [0.1, 0.15) is 25.8 Å². The minimum Gasteiger partial charge on any atom is -0.473 e. The SMILES string of the molecule is CCn1cc(-c2ccnc(Nc3cnn(C4CCN(CCOC)CC4)c3)n2)c(-c2cccnc2)n1.O=C(O)C(=O)O. The second-order valence-electron chi connectivity index (χ2n) is 9.26. The molecule has 0 radical (unpaired) electrons. The maximum Gasteiger partial charge on any atom is 0.414 e. The van der Waals surface area contributed by atoms with Crippen LogP contribution in [0.4, 0.5) is 11.6 Å². The van der Waals surface area contributed by atoms with Crippen LogP contribution in [-0.2, 0) is 20.9 Å². The van der Waals surface area contributed by atoms with Crippen molar-refractivity contribution in [1.82, 2.24) is 39.4 Å². The molecule has 0 bridgehead atoms. The average molecular weight is 564 g/mol. The molecule has 4 aromatic rings. The van der Waals surface area contributed by atoms with Crippen molar-refractivity contribution in [2.24, 2.45) is 0 Å². The van der Waals surface area contributed by atoms with Crippen LogP contribution in [0.25, 0.3) is 22.5 Å². The lowest BCUT2D eigenvalue weighted by molar-refractivity contribution is -0.159. The largest absolute Gasteiger partial charge is 0.473 e. The number of rotatable bonds is 9. The zero-order valence-corrected chi connectivity index (χ0v) is 22.9. The first-order chi connectivity index (χ1) is 19.9. The topological polar surface area (TPSA) is 173 Å². The molecule has 3 N–H and O–H groups in total. The van der Waals surface area contributed by atoms with Gasteiger partial charge in [-0.3, -0.25) is 14.3 Å². The molecular formula is C27H33N9O5. The summed E-state index contributed by atoms with van der Waals surface area (Å²) in [5.74, 6) is -3.12. The lowest BCUT2D eigenvalue weighted by Gasteiger charge is -2.31. The highest BCUT2D eigenvalue weighted by Crippen LogP contribution is 2.30. The second kappa shape index (κ2) is 14.1. The van der Waals surface area contributed by atoms with E-state index in [1.807, 2.05) is 47.7 Å². The zero-order valence-electron chi connectivity index (χ0n) is 22.9. The molecule has 5 rings (SSSR count). The number of aryl methyl sites for hydroxylation is 1. The molecule has 0 saturated carbocycles. The number of carboxylic acid groups (broad SMARTS) is 2. The van der Waals surface area contributed by atoms with Crippen molar-refractivity contribution in [3.8, 4) is 22.5 Å². The van der Waals surface area contributed by atoms with E-state index in [2.05, 4.69) is 36.9 Å². The van der Waals surface area contributed by atoms with E-state index in [0.717, 1.165) is 73.8 Å². The molecule has 0 spiro atoms. The number of piperidine rings is 1. The third-order valence-electron chi connectivity index (χ3n) is 6.54. The van der Waals surface area contributed by atoms with Gasteiger partial charge in [0, 0.05) is 75.4 Å². The fraction of sp³-hybridized carbons (Fsp3) is 0.370. The van der Waals surface area contributed by atoms with Crippen molar-refractivity contribution < 1.29 is 24.5 Å². The number of aromatic nitrogens is 7. The van der Waals surface area contributed by atoms with E-state index in [1.165, 1.54) is 0 Å². The molecule has 1 saturated heterocycles. The van der Waals surface area contributed by atoms with Gasteiger partial charge in [-0.2, -0.15) is 10.2 Å². The summed E-state index contributed by atoms with van der Waals surface area (Å²) >= 11 is 0. The lowest BCUT2D eigenvalue weighted by Crippen LogP contribution is -2.36. The molecule has 4 aromatic heterocycles. The standard InChI is InChI=1S/C25H31N9O.C2H2O4/c1-3-33-18-22(24(31-33)19-5-4-9-26-15-19)23-6-10-27-25(30-23)29-20-16-28-34(17-20)21-7-11-32(12-8-21)13-14-35-2;3-1(4)2(5)6/h4-6,9-10,15-18,21H,3,7-8,11-14H2,1-2H3,(H,27,29,30);(H,3,4)(H,5,6). The number of hydrogen-bond donors (Lipinski definition) is 3. The number of aliphatic carboxylic acids is 2. The predicted molar refractivity (Wildman–Crippen MR) is 150 cm³/mol. The number of methoxy groups -OCH3 is 1. The number of hydrogen-bond acceptors (Lipinski definition) is 10. The number of likely N-dealkylation sites (tertiary alicyclic amines) is 1. The van der Waals surface area contributed by atoms with Gasteiger partial charge in [0.05, 0.1) is 30.2 Å². The van der Waals surface area contributed by atoms with E-state index in [-0.39, 0.29) is 0 Å². The molecule has 216 valence electrons. The fourth-order valence-electron chi connectivity index (χ4n) is 4.42. The quantitative estimate of drug-likeness (QED) is 0.255. The normalized spacial score (nSPS) is 13.8. The Morgan fingerprint density at radius 1 is 1.10 bits per heavy atom. The zero-order chi connectivity index (χ0) is 29.2. The van der Waals surface area contributed by atoms with Crippen LogP contribution in [0.3, 0.4) is 0 Å². The van der Waals surface area contributed by atoms with Gasteiger partial charge in [-0.1, -0.05) is 0 Å². The molecule has 14 heteroatoms. The second-order valence-corrected chi connectivity index (χ2v) is 9.26. The summed E-state index contributed by atoms with van der Waals surface area (Å²) in [6, 6.07) is 6.23. The summed E-state index contributed by atoms with van der Waals surface area (Å²) in [6.07, 6.45) is 13.4. The number of ether oxygens (including phenoxy) is 1. The van der Waals surface area contributed by atoms with Crippen LogP contribution in [0.5, 0.6) is 0 Å². The highest BCUT2D eigenvalue weighted by Gasteiger charge is 2.21. The summed E-state index contributed by atoms with van der Waals surface area (Å²) in [7, 11) is 1.75. The first-order valence-electron chi connectivity index (χ1n) is 13.2. The van der Waals surface area contributed by atoms with Crippen LogP contribution >= 0.6 is 0 Å². The van der Waals surface area contributed by atoms with E-state index in [0.29, 0.717) is 12.0 Å². The van der Waals surface area contributed by atoms with Gasteiger partial charge in [0.25, 0.3) is 0 Å². The van der Waals surface area contributed by atoms with E-state index < -0.39 is 11.9 Å². The Morgan fingerprint density at radius 2 is 1.88 bits per heavy atom. The van der Waals surface area contributed by atoms with Crippen molar-refractivity contribution in [3.63, 3.8) is 0 Å². The van der Waals surface area contributed by atoms with Gasteiger partial charge in [0.1, 0.15) is 5.69 Å². The monoisotopic (exact) mass is 563 g/mol. The van der Waals surface area contributed by atoms with Gasteiger partial charge in [0.15, 0.2) is 0 Å². The molecule has 0 aliphatic carbocycles. The van der Waals surface area contributed by atoms with Gasteiger partial charge in [-0.15, -0.1) is 0 Å². The molecule has 1 fully saturated rings. The predicted octanol–water partition coefficient (Wildman–Crippen LogP) is 2.80. The highest BCUT2D eigenvalue weighted by atomic mass is 16.5. The number of nitrogens with one attached hydrogen (secondary N) is 1. The van der Waals surface area contributed by atoms with E-state index in [1.54, 1.807) is 19.5 Å². The van der Waals surface area contributed by atoms with Gasteiger partial charge >= 0.3 is 11.9 Å². The van der Waals surface area contributed by atoms with Gasteiger partial charge in [0.2, 0.25) is 5.95 Å². The van der Waals surface area contributed by atoms with Gasteiger partial charge in [-0.05, 0) is 38.0 Å². The summed E-state index contributed by atoms with van der Waals surface area (Å²) in [4.78, 5) is 34.1. The fourth-order valence-corrected chi connectivity index (χ4v) is 4.42. The first-order valence-corrected chi connectivity index (χ1v) is 13.2. The smallest absolute Gasteiger partial charge is 0.414 e. The van der Waals surface area contributed by atoms with Crippen molar-refractivity contribution >= 4 is 23.6 Å². The molecule has 1 aliphatic rings. The molecule has 1 aliphatic heterocycles. The maximum atomic E-state index is 9.10. The molecule has 0 aromatic carbocycles. The first kappa shape index (κ1) is 29.3. The Labute approximate surface area is 236 Å². The molecule has 14 nitrogen and oxygen atoms in total. The Balaban J connectivity index is 0.000000585. The number of anilines is 2. The molecule has 0 amide bonds. The minimum atomic E-state index is -1.82. The average Bonchev–Trinajstić information content (AvgIpc) is 3.65. The Hall–Kier alpha value is -4.69. The number of carbonyl (C=O) groups is 2. The van der Waals surface area contributed by atoms with E-state index >= 15 is 0 Å². The van der Waals surface area contributed by atoms with Crippen LogP contribution in [-0.4, -0.2) is 94.9 Å². The Morgan fingerprint density at radius 3 is 2.54 bits per heavy atom. The molecule has 0 unspecified atom stereocenters. The Kier molecular flexibility index (Phi) is 10.1. The van der Waals surface area contributed by atoms with Gasteiger partial charge in [-0.25, -0.2) is 19.6 Å². The van der Waals surface area contributed by atoms with E-state index in [4.69, 9.17) is 34.6 Å². The van der Waals surface area contributed by atoms with Crippen LogP contribution in [0.15, 0.2) is 55.4 Å². The van der Waals surface area contributed by atoms with Crippen molar-refractivity contribution in [2.45, 2.75) is 32.4 Å². The summed E-state index contributed by atoms with van der Waals surface area (Å²) in [5, 5.41) is 27.4. The van der Waals surface area contributed by atoms with Crippen LogP contribution in [0, 0.1) is 0 Å². The molecule has 41 heavy (non-hydrogen) atoms. The van der Waals surface area contributed by atoms with Crippen molar-refractivity contribution in [2.75, 3.05) is 38.7 Å². The van der Waals surface area contributed by atoms with E-state index in [9.17, 15) is 0 Å². The Bertz CT molecular complexity index is 1420. The summed E-state index contributed by atoms with van der Waals surface area (Å²) in [5.41, 5.74) is 4.44. The maximum absolute atomic E-state index is 9.10. The third-order valence-corrected chi connectivity index (χ3v) is 6.54. The minimum absolute atomic E-state index is 0.401. The van der Waals surface area contributed by atoms with Crippen molar-refractivity contribution in [1.29, 1.82) is 0 Å². The molecule has 0 atom stereocenters. The number of carboxylic acids is 2. The highest BCUT2D eigenvalue weighted by molar-refractivity contribution is 6.27. The van der Waals surface area contributed by atoms with Crippen LogP contribution in [0.2, 0.25) is 0 Å². The number of nitrogens with zero attached hydrogens (tertiary/aromatic N) is 8. The summed E-state index contributed by atoms with van der Waals surface area (Å²) < 4.78 is 9.18. The molecule has 5 heterocycles. The lowest BCUT2D eigenvalue weighted by atomic mass is 10.1. The van der Waals surface area contributed by atoms with Crippen LogP contribution < -0.4 is 5.32 Å². The molecular weight excluding hydrogens is 530 g/mol. The van der Waals surface area contributed by atoms with Crippen molar-refractivity contribution in [3.05, 3.63) is 55.4 Å². The number of pyridine rings is 1.